The zero-order valence-corrected chi connectivity index (χ0v) is 57.6. The lowest BCUT2D eigenvalue weighted by Gasteiger charge is -2.44. The van der Waals surface area contributed by atoms with Crippen LogP contribution < -0.4 is 16.0 Å². The summed E-state index contributed by atoms with van der Waals surface area (Å²) in [5.74, 6) is -10.4. The van der Waals surface area contributed by atoms with Crippen molar-refractivity contribution >= 4 is 82.2 Å². The van der Waals surface area contributed by atoms with Crippen LogP contribution in [0.15, 0.2) is 72.1 Å². The summed E-state index contributed by atoms with van der Waals surface area (Å²) in [6, 6.07) is 12.5. The molecule has 1 aromatic heterocycles. The van der Waals surface area contributed by atoms with E-state index in [1.165, 1.54) is 6.92 Å². The number of aromatic nitrogens is 1. The van der Waals surface area contributed by atoms with E-state index in [2.05, 4.69) is 20.9 Å². The molecule has 24 heteroatoms. The van der Waals surface area contributed by atoms with Crippen molar-refractivity contribution < 1.29 is 81.7 Å². The molecule has 11 atom stereocenters. The van der Waals surface area contributed by atoms with Gasteiger partial charge >= 0.3 is 24.0 Å². The molecule has 0 saturated carbocycles. The Balaban J connectivity index is 1.27. The van der Waals surface area contributed by atoms with Gasteiger partial charge in [-0.1, -0.05) is 109 Å². The first-order valence-corrected chi connectivity index (χ1v) is 33.5. The largest absolute Gasteiger partial charge is 0.481 e. The number of carbonyl (C=O) groups excluding carboxylic acids is 10. The molecule has 1 unspecified atom stereocenters. The number of Topliss-reactive ketones (excluding diaryl/α,β-unsaturated/α-hetero) is 3. The van der Waals surface area contributed by atoms with Gasteiger partial charge in [0.05, 0.1) is 25.6 Å². The van der Waals surface area contributed by atoms with Crippen LogP contribution in [0.4, 0.5) is 4.79 Å². The van der Waals surface area contributed by atoms with Crippen molar-refractivity contribution in [2.75, 3.05) is 27.2 Å². The molecule has 3 heterocycles. The standard InChI is InChI=1S/C70H97N7O16S/c1-14-43(6)51(67(88)75(12)54(42(4)5)37-60(92-45(8)78)66-74-53(40-94-66)65(87)72-49(32-44(7)68(89)90)33-46-20-16-15-17-21-46)36-59(81)56-22-18-19-31-77(56,13)39-48-25-23-47(24-26-48)34-57(79)52(27-30-63(84)85)73-64(86)50(41(2)3)35-58(80)55(76-61(82)28-29-62(76)83)38-71-69(91)93-70(9,10)11/h15-17,20-21,23-26,28-29,40-44,49-52,54-56,60H,14,18-19,22,27,30-39H2,1-13H3,(H4-,71,72,73,84,85,86,87,89,90,91)/p+1/t43-,44-,49+,50-,51-,52-,54+,55-,56+,60+,77?/m0/s1. The fourth-order valence-corrected chi connectivity index (χ4v) is 13.2. The number of nitrogens with zero attached hydrogens (tertiary/aromatic N) is 4. The first kappa shape index (κ1) is 76.7. The monoisotopic (exact) mass is 1320 g/mol. The Hall–Kier alpha value is -7.99. The Bertz CT molecular complexity index is 3200. The smallest absolute Gasteiger partial charge is 0.407 e. The molecule has 2 aliphatic heterocycles. The predicted octanol–water partition coefficient (Wildman–Crippen LogP) is 8.40. The molecular formula is C70H98N7O16S+. The topological polar surface area (TPSA) is 319 Å². The van der Waals surface area contributed by atoms with Crippen molar-refractivity contribution in [3.63, 3.8) is 0 Å². The molecule has 0 aliphatic carbocycles. The number of esters is 1. The van der Waals surface area contributed by atoms with E-state index >= 15 is 0 Å². The van der Waals surface area contributed by atoms with E-state index in [4.69, 9.17) is 9.47 Å². The van der Waals surface area contributed by atoms with Gasteiger partial charge in [0.2, 0.25) is 11.8 Å². The molecule has 2 aromatic carbocycles. The Morgan fingerprint density at radius 1 is 0.809 bits per heavy atom. The van der Waals surface area contributed by atoms with Gasteiger partial charge < -0.3 is 45.0 Å². The number of quaternary nitrogens is 1. The second-order valence-electron chi connectivity index (χ2n) is 27.3. The third-order valence-corrected chi connectivity index (χ3v) is 18.9. The molecule has 1 fully saturated rings. The number of hydrogen-bond donors (Lipinski definition) is 5. The van der Waals surface area contributed by atoms with Gasteiger partial charge in [0.15, 0.2) is 23.5 Å². The number of hydrogen-bond acceptors (Lipinski definition) is 16. The van der Waals surface area contributed by atoms with Gasteiger partial charge in [-0.05, 0) is 81.8 Å². The molecular weight excluding hydrogens is 1230 g/mol. The van der Waals surface area contributed by atoms with E-state index in [0.29, 0.717) is 52.3 Å². The molecule has 5 rings (SSSR count). The highest BCUT2D eigenvalue weighted by Gasteiger charge is 2.45. The van der Waals surface area contributed by atoms with Crippen LogP contribution in [0.2, 0.25) is 0 Å². The number of aliphatic carboxylic acids is 2. The van der Waals surface area contributed by atoms with Crippen molar-refractivity contribution in [1.82, 2.24) is 30.7 Å². The van der Waals surface area contributed by atoms with Gasteiger partial charge in [-0.3, -0.25) is 57.6 Å². The van der Waals surface area contributed by atoms with Crippen LogP contribution in [0.5, 0.6) is 0 Å². The Labute approximate surface area is 556 Å². The maximum Gasteiger partial charge on any atom is 0.407 e. The predicted molar refractivity (Wildman–Crippen MR) is 351 cm³/mol. The van der Waals surface area contributed by atoms with Crippen LogP contribution in [-0.2, 0) is 76.8 Å². The van der Waals surface area contributed by atoms with Gasteiger partial charge in [-0.15, -0.1) is 11.3 Å². The lowest BCUT2D eigenvalue weighted by atomic mass is 9.82. The Morgan fingerprint density at radius 2 is 1.45 bits per heavy atom. The van der Waals surface area contributed by atoms with Crippen molar-refractivity contribution in [1.29, 1.82) is 0 Å². The average molecular weight is 1330 g/mol. The van der Waals surface area contributed by atoms with Crippen molar-refractivity contribution in [2.24, 2.45) is 35.5 Å². The molecule has 1 saturated heterocycles. The molecule has 94 heavy (non-hydrogen) atoms. The van der Waals surface area contributed by atoms with Crippen LogP contribution in [0.3, 0.4) is 0 Å². The number of likely N-dealkylation sites (tertiary alicyclic amines) is 1. The molecule has 2 aliphatic rings. The number of carbonyl (C=O) groups is 12. The number of piperidine rings is 1. The van der Waals surface area contributed by atoms with E-state index in [-0.39, 0.29) is 61.3 Å². The molecule has 0 spiro atoms. The summed E-state index contributed by atoms with van der Waals surface area (Å²) in [7, 11) is 3.75. The molecule has 514 valence electrons. The van der Waals surface area contributed by atoms with Crippen LogP contribution in [0.25, 0.3) is 0 Å². The first-order chi connectivity index (χ1) is 44.1. The van der Waals surface area contributed by atoms with Crippen LogP contribution in [0, 0.1) is 35.5 Å². The SMILES string of the molecule is CC[C@H](C)[C@H](CC(=O)[C@H]1CCCC[N+]1(C)Cc1ccc(CC(=O)[C@H](CCC(=O)O)NC(=O)[C@@H](CC(=O)[C@H](CNC(=O)OC(C)(C)C)N2C(=O)C=CC2=O)C(C)C)cc1)C(=O)N(C)[C@H](C[C@@H](OC(C)=O)c1nc(C(=O)N[C@@H](Cc2ccccc2)C[C@H](C)C(=O)O)cs1)C(C)C. The van der Waals surface area contributed by atoms with Gasteiger partial charge in [0.1, 0.15) is 34.9 Å². The normalized spacial score (nSPS) is 18.6. The lowest BCUT2D eigenvalue weighted by Crippen LogP contribution is -2.58. The van der Waals surface area contributed by atoms with Crippen molar-refractivity contribution in [2.45, 2.75) is 202 Å². The third kappa shape index (κ3) is 22.6. The molecule has 3 aromatic rings. The number of carboxylic acid groups (broad SMARTS) is 2. The number of likely N-dealkylation sites (N-methyl/N-ethyl adjacent to an activating group) is 1. The molecule has 0 radical (unpaired) electrons. The highest BCUT2D eigenvalue weighted by Crippen LogP contribution is 2.35. The van der Waals surface area contributed by atoms with Crippen LogP contribution in [0.1, 0.15) is 179 Å². The van der Waals surface area contributed by atoms with E-state index in [0.717, 1.165) is 47.5 Å². The number of ether oxygens (including phenoxy) is 2. The Kier molecular flexibility index (Phi) is 28.5. The second-order valence-corrected chi connectivity index (χ2v) is 28.2. The first-order valence-electron chi connectivity index (χ1n) is 32.6. The number of alkyl carbamates (subject to hydrolysis) is 1. The highest BCUT2D eigenvalue weighted by atomic mass is 32.1. The van der Waals surface area contributed by atoms with E-state index in [9.17, 15) is 67.7 Å². The van der Waals surface area contributed by atoms with E-state index in [1.54, 1.807) is 71.0 Å². The van der Waals surface area contributed by atoms with E-state index < -0.39 is 144 Å². The summed E-state index contributed by atoms with van der Waals surface area (Å²) >= 11 is 1.14. The quantitative estimate of drug-likeness (QED) is 0.0207. The number of ketones is 3. The maximum atomic E-state index is 15.0. The minimum Gasteiger partial charge on any atom is -0.481 e. The third-order valence-electron chi connectivity index (χ3n) is 17.9. The van der Waals surface area contributed by atoms with Gasteiger partial charge in [-0.2, -0.15) is 0 Å². The average Bonchev–Trinajstić information content (AvgIpc) is 0.830. The summed E-state index contributed by atoms with van der Waals surface area (Å²) < 4.78 is 11.5. The van der Waals surface area contributed by atoms with Crippen molar-refractivity contribution in [3.05, 3.63) is 99.5 Å². The number of nitrogens with one attached hydrogen (secondary N) is 3. The molecule has 23 nitrogen and oxygen atoms in total. The summed E-state index contributed by atoms with van der Waals surface area (Å²) in [4.78, 5) is 167. The van der Waals surface area contributed by atoms with Gasteiger partial charge in [-0.25, -0.2) is 9.78 Å². The molecule has 5 N–H and O–H groups in total. The second kappa shape index (κ2) is 35.0. The summed E-state index contributed by atoms with van der Waals surface area (Å²) in [5.41, 5.74) is 1.56. The zero-order chi connectivity index (χ0) is 69.9. The minimum atomic E-state index is -1.50. The van der Waals surface area contributed by atoms with Gasteiger partial charge in [0.25, 0.3) is 17.7 Å². The number of carboxylic acids is 2. The van der Waals surface area contributed by atoms with Crippen molar-refractivity contribution in [3.8, 4) is 0 Å². The number of benzene rings is 2. The fourth-order valence-electron chi connectivity index (χ4n) is 12.4. The maximum absolute atomic E-state index is 15.0. The molecule has 6 amide bonds. The van der Waals surface area contributed by atoms with Gasteiger partial charge in [0, 0.05) is 106 Å². The summed E-state index contributed by atoms with van der Waals surface area (Å²) in [6.07, 6.45) is 2.37. The fraction of sp³-hybridized carbons (Fsp3) is 0.586. The molecule has 0 bridgehead atoms. The summed E-state index contributed by atoms with van der Waals surface area (Å²) in [6.45, 7) is 19.6. The van der Waals surface area contributed by atoms with Crippen LogP contribution >= 0.6 is 11.3 Å². The number of amides is 6. The lowest BCUT2D eigenvalue weighted by molar-refractivity contribution is -0.941. The number of imide groups is 1. The zero-order valence-electron chi connectivity index (χ0n) is 56.8. The summed E-state index contributed by atoms with van der Waals surface area (Å²) in [5, 5.41) is 29.4. The number of thiazole rings is 1. The van der Waals surface area contributed by atoms with Crippen LogP contribution in [-0.4, -0.2) is 163 Å². The highest BCUT2D eigenvalue weighted by molar-refractivity contribution is 7.09. The minimum absolute atomic E-state index is 0.00260. The Morgan fingerprint density at radius 3 is 2.02 bits per heavy atom. The number of rotatable bonds is 36. The van der Waals surface area contributed by atoms with E-state index in [1.807, 2.05) is 77.2 Å².